The third-order valence-electron chi connectivity index (χ3n) is 5.74. The van der Waals surface area contributed by atoms with Crippen LogP contribution in [0.3, 0.4) is 0 Å². The SMILES string of the molecule is CNc1nc(N)nc2c1ncn2[C@@H]1O[C@H](CO[P@@](=O)(N[C@H](C)C(=O)OC(C)C)Oc2ccccc2)[C@@H](O)[C@@]1(F)Cl. The Morgan fingerprint density at radius 2 is 2.02 bits per heavy atom. The van der Waals surface area contributed by atoms with Gasteiger partial charge in [-0.3, -0.25) is 13.9 Å². The van der Waals surface area contributed by atoms with Gasteiger partial charge in [0.1, 0.15) is 24.0 Å². The Hall–Kier alpha value is -3.07. The number of nitrogens with two attached hydrogens (primary N) is 1. The zero-order valence-corrected chi connectivity index (χ0v) is 23.7. The number of aromatic nitrogens is 4. The number of nitrogens with one attached hydrogen (secondary N) is 2. The van der Waals surface area contributed by atoms with Crippen molar-refractivity contribution < 1.29 is 37.4 Å². The average molecular weight is 602 g/mol. The average Bonchev–Trinajstić information content (AvgIpc) is 3.40. The van der Waals surface area contributed by atoms with Gasteiger partial charge in [0.2, 0.25) is 5.95 Å². The van der Waals surface area contributed by atoms with Gasteiger partial charge in [-0.1, -0.05) is 29.8 Å². The van der Waals surface area contributed by atoms with E-state index in [0.29, 0.717) is 0 Å². The number of esters is 1. The second-order valence-corrected chi connectivity index (χ2v) is 11.5. The van der Waals surface area contributed by atoms with Gasteiger partial charge in [-0.2, -0.15) is 15.1 Å². The molecule has 1 saturated heterocycles. The summed E-state index contributed by atoms with van der Waals surface area (Å²) in [6.45, 7) is 4.09. The van der Waals surface area contributed by atoms with Gasteiger partial charge < -0.3 is 30.2 Å². The maximum Gasteiger partial charge on any atom is 0.459 e. The third-order valence-corrected chi connectivity index (χ3v) is 7.80. The minimum Gasteiger partial charge on any atom is -0.462 e. The van der Waals surface area contributed by atoms with Gasteiger partial charge in [0.25, 0.3) is 5.13 Å². The van der Waals surface area contributed by atoms with Crippen molar-refractivity contribution in [2.75, 3.05) is 24.7 Å². The third kappa shape index (κ3) is 6.29. The first-order chi connectivity index (χ1) is 18.8. The minimum absolute atomic E-state index is 0.0931. The molecule has 2 aromatic heterocycles. The number of nitrogens with zero attached hydrogens (tertiary/aromatic N) is 4. The van der Waals surface area contributed by atoms with Crippen LogP contribution in [0.1, 0.15) is 27.0 Å². The summed E-state index contributed by atoms with van der Waals surface area (Å²) in [5.74, 6) is -0.376. The second kappa shape index (κ2) is 11.8. The molecule has 4 rings (SSSR count). The summed E-state index contributed by atoms with van der Waals surface area (Å²) in [4.78, 5) is 24.7. The van der Waals surface area contributed by atoms with Crippen LogP contribution in [0.2, 0.25) is 0 Å². The van der Waals surface area contributed by atoms with Crippen LogP contribution >= 0.6 is 19.3 Å². The lowest BCUT2D eigenvalue weighted by atomic mass is 10.1. The molecule has 0 spiro atoms. The highest BCUT2D eigenvalue weighted by Crippen LogP contribution is 2.49. The molecule has 3 heterocycles. The summed E-state index contributed by atoms with van der Waals surface area (Å²) in [5, 5.41) is 13.2. The Morgan fingerprint density at radius 3 is 2.67 bits per heavy atom. The fraction of sp³-hybridized carbons (Fsp3) is 0.478. The molecule has 218 valence electrons. The van der Waals surface area contributed by atoms with Crippen molar-refractivity contribution in [3.8, 4) is 5.75 Å². The molecule has 17 heteroatoms. The molecule has 1 fully saturated rings. The summed E-state index contributed by atoms with van der Waals surface area (Å²) >= 11 is 6.12. The van der Waals surface area contributed by atoms with Gasteiger partial charge in [-0.15, -0.1) is 0 Å². The van der Waals surface area contributed by atoms with Gasteiger partial charge in [0.15, 0.2) is 23.2 Å². The van der Waals surface area contributed by atoms with E-state index in [4.69, 9.17) is 35.9 Å². The number of hydrogen-bond acceptors (Lipinski definition) is 12. The predicted molar refractivity (Wildman–Crippen MR) is 143 cm³/mol. The van der Waals surface area contributed by atoms with Gasteiger partial charge >= 0.3 is 13.7 Å². The van der Waals surface area contributed by atoms with Crippen LogP contribution < -0.4 is 20.7 Å². The van der Waals surface area contributed by atoms with E-state index in [1.807, 2.05) is 0 Å². The number of anilines is 2. The fourth-order valence-corrected chi connectivity index (χ4v) is 5.69. The first-order valence-corrected chi connectivity index (χ1v) is 14.1. The summed E-state index contributed by atoms with van der Waals surface area (Å²) in [6, 6.07) is 6.93. The van der Waals surface area contributed by atoms with E-state index in [2.05, 4.69) is 25.4 Å². The zero-order valence-electron chi connectivity index (χ0n) is 22.0. The van der Waals surface area contributed by atoms with Gasteiger partial charge in [-0.05, 0) is 32.9 Å². The highest BCUT2D eigenvalue weighted by molar-refractivity contribution is 7.52. The second-order valence-electron chi connectivity index (χ2n) is 9.18. The molecule has 1 aliphatic rings. The van der Waals surface area contributed by atoms with Crippen molar-refractivity contribution >= 4 is 48.2 Å². The number of ether oxygens (including phenoxy) is 2. The molecule has 40 heavy (non-hydrogen) atoms. The normalized spacial score (nSPS) is 25.1. The van der Waals surface area contributed by atoms with Gasteiger partial charge in [-0.25, -0.2) is 13.9 Å². The van der Waals surface area contributed by atoms with Crippen LogP contribution in [0.25, 0.3) is 11.2 Å². The van der Waals surface area contributed by atoms with E-state index in [9.17, 15) is 14.5 Å². The van der Waals surface area contributed by atoms with Crippen LogP contribution in [0.15, 0.2) is 36.7 Å². The monoisotopic (exact) mass is 601 g/mol. The lowest BCUT2D eigenvalue weighted by Gasteiger charge is -2.25. The van der Waals surface area contributed by atoms with Gasteiger partial charge in [0, 0.05) is 7.05 Å². The fourth-order valence-electron chi connectivity index (χ4n) is 3.89. The van der Waals surface area contributed by atoms with Crippen molar-refractivity contribution in [1.82, 2.24) is 24.6 Å². The van der Waals surface area contributed by atoms with Crippen molar-refractivity contribution in [2.24, 2.45) is 0 Å². The smallest absolute Gasteiger partial charge is 0.459 e. The van der Waals surface area contributed by atoms with E-state index in [-0.39, 0.29) is 28.7 Å². The van der Waals surface area contributed by atoms with Crippen LogP contribution in [-0.4, -0.2) is 73.7 Å². The van der Waals surface area contributed by atoms with E-state index < -0.39 is 56.0 Å². The van der Waals surface area contributed by atoms with Crippen LogP contribution in [0.4, 0.5) is 16.2 Å². The number of benzene rings is 1. The number of nitrogen functional groups attached to an aromatic ring is 1. The van der Waals surface area contributed by atoms with Crippen LogP contribution in [0.5, 0.6) is 5.75 Å². The number of imidazole rings is 1. The molecule has 3 aromatic rings. The molecule has 0 bridgehead atoms. The lowest BCUT2D eigenvalue weighted by molar-refractivity contribution is -0.149. The Kier molecular flexibility index (Phi) is 8.83. The standard InChI is InChI=1S/C23H30ClFN7O7P/c1-12(2)37-20(34)13(3)31-40(35,39-14-8-6-5-7-9-14)36-10-15-17(33)23(24,25)21(38-15)32-11-28-16-18(27-4)29-22(26)30-19(16)32/h5-9,11-13,15,17,21,33H,10H2,1-4H3,(H,31,35)(H3,26,27,29,30)/t13-,15-,17-,21-,23+,40+/m1/s1. The number of para-hydroxylation sites is 1. The highest BCUT2D eigenvalue weighted by atomic mass is 35.5. The van der Waals surface area contributed by atoms with Crippen molar-refractivity contribution in [2.45, 2.75) is 56.5 Å². The lowest BCUT2D eigenvalue weighted by Crippen LogP contribution is -2.40. The van der Waals surface area contributed by atoms with Crippen molar-refractivity contribution in [3.05, 3.63) is 36.7 Å². The van der Waals surface area contributed by atoms with Crippen LogP contribution in [0, 0.1) is 0 Å². The molecule has 0 saturated carbocycles. The Balaban J connectivity index is 1.56. The first kappa shape index (κ1) is 29.9. The number of aliphatic hydroxyl groups excluding tert-OH is 1. The van der Waals surface area contributed by atoms with E-state index in [1.54, 1.807) is 39.1 Å². The molecule has 5 N–H and O–H groups in total. The number of carbonyl (C=O) groups is 1. The zero-order chi connectivity index (χ0) is 29.2. The summed E-state index contributed by atoms with van der Waals surface area (Å²) in [7, 11) is -2.73. The maximum absolute atomic E-state index is 15.7. The van der Waals surface area contributed by atoms with E-state index in [1.165, 1.54) is 25.4 Å². The summed E-state index contributed by atoms with van der Waals surface area (Å²) < 4.78 is 52.6. The van der Waals surface area contributed by atoms with Gasteiger partial charge in [0.05, 0.1) is 19.0 Å². The Bertz CT molecular complexity index is 1400. The molecule has 0 radical (unpaired) electrons. The molecular formula is C23H30ClFN7O7P. The molecule has 0 unspecified atom stereocenters. The molecule has 6 atom stereocenters. The summed E-state index contributed by atoms with van der Waals surface area (Å²) in [5.41, 5.74) is 6.12. The Morgan fingerprint density at radius 1 is 1.32 bits per heavy atom. The number of aliphatic hydroxyl groups is 1. The van der Waals surface area contributed by atoms with Crippen LogP contribution in [-0.2, 0) is 23.4 Å². The molecule has 1 aromatic carbocycles. The molecule has 0 amide bonds. The topological polar surface area (TPSA) is 185 Å². The largest absolute Gasteiger partial charge is 0.462 e. The minimum atomic E-state index is -4.32. The van der Waals surface area contributed by atoms with Crippen molar-refractivity contribution in [1.29, 1.82) is 0 Å². The number of rotatable bonds is 11. The van der Waals surface area contributed by atoms with Crippen molar-refractivity contribution in [3.63, 3.8) is 0 Å². The number of alkyl halides is 2. The predicted octanol–water partition coefficient (Wildman–Crippen LogP) is 2.75. The quantitative estimate of drug-likeness (QED) is 0.143. The summed E-state index contributed by atoms with van der Waals surface area (Å²) in [6.07, 6.45) is -4.22. The van der Waals surface area contributed by atoms with E-state index >= 15 is 4.39 Å². The number of fused-ring (bicyclic) bond motifs is 1. The molecule has 0 aliphatic carbocycles. The molecule has 14 nitrogen and oxygen atoms in total. The molecular weight excluding hydrogens is 572 g/mol. The molecule has 1 aliphatic heterocycles. The van der Waals surface area contributed by atoms with E-state index in [0.717, 1.165) is 4.57 Å². The highest BCUT2D eigenvalue weighted by Gasteiger charge is 2.58. The number of hydrogen-bond donors (Lipinski definition) is 4. The maximum atomic E-state index is 15.7. The number of carbonyl (C=O) groups excluding carboxylic acids is 1. The first-order valence-electron chi connectivity index (χ1n) is 12.2. The number of halogens is 2. The Labute approximate surface area is 233 Å².